The summed E-state index contributed by atoms with van der Waals surface area (Å²) in [7, 11) is 0. The summed E-state index contributed by atoms with van der Waals surface area (Å²) in [6.07, 6.45) is 3.43. The van der Waals surface area contributed by atoms with Gasteiger partial charge in [-0.05, 0) is 57.5 Å². The molecule has 1 aromatic carbocycles. The van der Waals surface area contributed by atoms with Crippen molar-refractivity contribution in [2.45, 2.75) is 44.8 Å². The number of rotatable bonds is 3. The molecule has 0 unspecified atom stereocenters. The Hall–Kier alpha value is -2.29. The van der Waals surface area contributed by atoms with E-state index in [0.717, 1.165) is 52.0 Å². The van der Waals surface area contributed by atoms with Gasteiger partial charge < -0.3 is 20.9 Å². The fourth-order valence-corrected chi connectivity index (χ4v) is 4.80. The molecule has 0 aliphatic carbocycles. The highest BCUT2D eigenvalue weighted by atomic mass is 32.1. The van der Waals surface area contributed by atoms with Crippen LogP contribution in [0, 0.1) is 0 Å². The summed E-state index contributed by atoms with van der Waals surface area (Å²) in [5, 5.41) is 15.1. The third-order valence-corrected chi connectivity index (χ3v) is 6.37. The van der Waals surface area contributed by atoms with Gasteiger partial charge in [-0.25, -0.2) is 9.98 Å². The third kappa shape index (κ3) is 4.05. The van der Waals surface area contributed by atoms with Crippen molar-refractivity contribution in [2.24, 2.45) is 15.7 Å². The number of nitrogens with zero attached hydrogens (tertiary/aromatic N) is 3. The first-order valence-corrected chi connectivity index (χ1v) is 10.8. The van der Waals surface area contributed by atoms with Crippen LogP contribution in [0.15, 0.2) is 28.2 Å². The van der Waals surface area contributed by atoms with Crippen LogP contribution in [0.4, 0.5) is 0 Å². The number of aromatic nitrogens is 1. The third-order valence-electron chi connectivity index (χ3n) is 5.26. The molecular formula is C21H27N5O2S. The molecule has 4 N–H and O–H groups in total. The molecule has 0 bridgehead atoms. The number of piperidine rings is 1. The van der Waals surface area contributed by atoms with Crippen LogP contribution in [0.2, 0.25) is 0 Å². The molecule has 3 heterocycles. The maximum Gasteiger partial charge on any atom is 0.185 e. The Morgan fingerprint density at radius 1 is 1.38 bits per heavy atom. The van der Waals surface area contributed by atoms with Crippen molar-refractivity contribution >= 4 is 23.5 Å². The Morgan fingerprint density at radius 3 is 2.90 bits per heavy atom. The normalized spacial score (nSPS) is 19.0. The maximum atomic E-state index is 11.1. The number of ether oxygens (including phenoxy) is 1. The zero-order valence-corrected chi connectivity index (χ0v) is 17.6. The van der Waals surface area contributed by atoms with Gasteiger partial charge in [0, 0.05) is 22.9 Å². The SMILES string of the molecule is CC(C)N=C(N=CN)c1nc2c(s1)CCOc1cc(C3(O)CCNCC3)ccc1-2. The lowest BCUT2D eigenvalue weighted by atomic mass is 9.84. The van der Waals surface area contributed by atoms with Crippen molar-refractivity contribution in [3.8, 4) is 17.0 Å². The lowest BCUT2D eigenvalue weighted by Gasteiger charge is -2.33. The van der Waals surface area contributed by atoms with Crippen LogP contribution in [0.25, 0.3) is 11.3 Å². The van der Waals surface area contributed by atoms with E-state index in [1.165, 1.54) is 6.34 Å². The van der Waals surface area contributed by atoms with Gasteiger partial charge in [0.2, 0.25) is 0 Å². The van der Waals surface area contributed by atoms with Gasteiger partial charge in [-0.1, -0.05) is 6.07 Å². The molecule has 4 rings (SSSR count). The van der Waals surface area contributed by atoms with E-state index in [-0.39, 0.29) is 6.04 Å². The van der Waals surface area contributed by atoms with Crippen LogP contribution >= 0.6 is 11.3 Å². The van der Waals surface area contributed by atoms with E-state index in [4.69, 9.17) is 15.5 Å². The zero-order chi connectivity index (χ0) is 20.4. The molecule has 1 aromatic heterocycles. The summed E-state index contributed by atoms with van der Waals surface area (Å²) in [4.78, 5) is 14.8. The molecule has 2 aliphatic rings. The van der Waals surface area contributed by atoms with Crippen molar-refractivity contribution in [3.05, 3.63) is 33.6 Å². The smallest absolute Gasteiger partial charge is 0.185 e. The van der Waals surface area contributed by atoms with Crippen molar-refractivity contribution in [1.29, 1.82) is 0 Å². The molecule has 2 aliphatic heterocycles. The minimum atomic E-state index is -0.807. The van der Waals surface area contributed by atoms with E-state index >= 15 is 0 Å². The number of amidine groups is 1. The van der Waals surface area contributed by atoms with Crippen molar-refractivity contribution < 1.29 is 9.84 Å². The van der Waals surface area contributed by atoms with E-state index in [1.54, 1.807) is 11.3 Å². The van der Waals surface area contributed by atoms with Crippen LogP contribution in [-0.4, -0.2) is 48.0 Å². The average Bonchev–Trinajstić information content (AvgIpc) is 3.04. The minimum absolute atomic E-state index is 0.0984. The van der Waals surface area contributed by atoms with Gasteiger partial charge in [-0.15, -0.1) is 11.3 Å². The second-order valence-corrected chi connectivity index (χ2v) is 8.79. The monoisotopic (exact) mass is 413 g/mol. The number of nitrogens with one attached hydrogen (secondary N) is 1. The van der Waals surface area contributed by atoms with Crippen molar-refractivity contribution in [1.82, 2.24) is 10.3 Å². The molecule has 0 amide bonds. The van der Waals surface area contributed by atoms with Gasteiger partial charge in [0.1, 0.15) is 5.75 Å². The second kappa shape index (κ2) is 8.22. The molecule has 154 valence electrons. The predicted molar refractivity (Wildman–Crippen MR) is 117 cm³/mol. The summed E-state index contributed by atoms with van der Waals surface area (Å²) >= 11 is 1.58. The predicted octanol–water partition coefficient (Wildman–Crippen LogP) is 2.46. The van der Waals surface area contributed by atoms with E-state index in [2.05, 4.69) is 15.3 Å². The molecule has 2 aromatic rings. The van der Waals surface area contributed by atoms with Crippen LogP contribution in [0.1, 0.15) is 42.1 Å². The number of hydrogen-bond donors (Lipinski definition) is 3. The lowest BCUT2D eigenvalue weighted by molar-refractivity contribution is 0.00575. The van der Waals surface area contributed by atoms with Gasteiger partial charge in [-0.3, -0.25) is 4.99 Å². The summed E-state index contributed by atoms with van der Waals surface area (Å²) in [6, 6.07) is 6.10. The molecular weight excluding hydrogens is 386 g/mol. The number of nitrogens with two attached hydrogens (primary N) is 1. The number of benzene rings is 1. The zero-order valence-electron chi connectivity index (χ0n) is 16.8. The van der Waals surface area contributed by atoms with Crippen molar-refractivity contribution in [3.63, 3.8) is 0 Å². The first-order chi connectivity index (χ1) is 14.0. The van der Waals surface area contributed by atoms with E-state index in [9.17, 15) is 5.11 Å². The number of aliphatic hydroxyl groups is 1. The number of aliphatic imine (C=N–C) groups is 2. The van der Waals surface area contributed by atoms with Crippen LogP contribution in [0.5, 0.6) is 5.75 Å². The van der Waals surface area contributed by atoms with Crippen LogP contribution in [0.3, 0.4) is 0 Å². The molecule has 0 atom stereocenters. The van der Waals surface area contributed by atoms with Gasteiger partial charge in [0.25, 0.3) is 0 Å². The number of thiazole rings is 1. The first-order valence-electron chi connectivity index (χ1n) is 10.0. The van der Waals surface area contributed by atoms with Crippen LogP contribution in [-0.2, 0) is 12.0 Å². The van der Waals surface area contributed by atoms with Gasteiger partial charge >= 0.3 is 0 Å². The summed E-state index contributed by atoms with van der Waals surface area (Å²) in [5.41, 5.74) is 7.48. The Balaban J connectivity index is 1.74. The number of fused-ring (bicyclic) bond motifs is 3. The molecule has 1 fully saturated rings. The Labute approximate surface area is 174 Å². The molecule has 0 saturated carbocycles. The molecule has 0 spiro atoms. The summed E-state index contributed by atoms with van der Waals surface area (Å²) in [6.45, 7) is 6.20. The quantitative estimate of drug-likeness (QED) is 0.530. The Kier molecular flexibility index (Phi) is 5.67. The fourth-order valence-electron chi connectivity index (χ4n) is 3.80. The molecule has 29 heavy (non-hydrogen) atoms. The molecule has 8 heteroatoms. The van der Waals surface area contributed by atoms with E-state index in [1.807, 2.05) is 32.0 Å². The largest absolute Gasteiger partial charge is 0.492 e. The highest BCUT2D eigenvalue weighted by molar-refractivity contribution is 7.14. The van der Waals surface area contributed by atoms with E-state index < -0.39 is 5.60 Å². The highest BCUT2D eigenvalue weighted by Crippen LogP contribution is 2.41. The van der Waals surface area contributed by atoms with E-state index in [0.29, 0.717) is 25.3 Å². The highest BCUT2D eigenvalue weighted by Gasteiger charge is 2.32. The van der Waals surface area contributed by atoms with Crippen molar-refractivity contribution in [2.75, 3.05) is 19.7 Å². The summed E-state index contributed by atoms with van der Waals surface area (Å²) < 4.78 is 6.04. The van der Waals surface area contributed by atoms with Gasteiger partial charge in [0.05, 0.1) is 24.2 Å². The summed E-state index contributed by atoms with van der Waals surface area (Å²) in [5.74, 6) is 1.33. The molecule has 1 saturated heterocycles. The topological polar surface area (TPSA) is 105 Å². The lowest BCUT2D eigenvalue weighted by Crippen LogP contribution is -2.39. The minimum Gasteiger partial charge on any atom is -0.492 e. The second-order valence-electron chi connectivity index (χ2n) is 7.71. The van der Waals surface area contributed by atoms with Gasteiger partial charge in [-0.2, -0.15) is 0 Å². The van der Waals surface area contributed by atoms with Gasteiger partial charge in [0.15, 0.2) is 10.8 Å². The number of hydrogen-bond acceptors (Lipinski definition) is 6. The Bertz CT molecular complexity index is 945. The fraction of sp³-hybridized carbons (Fsp3) is 0.476. The average molecular weight is 414 g/mol. The molecule has 0 radical (unpaired) electrons. The Morgan fingerprint density at radius 2 is 2.17 bits per heavy atom. The first kappa shape index (κ1) is 20.0. The standard InChI is InChI=1S/C21H27N5O2S/c1-13(2)25-19(24-12-22)20-26-18-15-4-3-14(21(27)6-8-23-9-7-21)11-16(15)28-10-5-17(18)29-20/h3-4,11-13,23,27H,5-10H2,1-2H3,(H2,22,24,25). The van der Waals surface area contributed by atoms with Crippen LogP contribution < -0.4 is 15.8 Å². The maximum absolute atomic E-state index is 11.1. The molecule has 7 nitrogen and oxygen atoms in total.